The van der Waals surface area contributed by atoms with Crippen molar-refractivity contribution in [3.05, 3.63) is 54.1 Å². The molecule has 0 unspecified atom stereocenters. The number of nitrogens with two attached hydrogens (primary N) is 1. The zero-order valence-corrected chi connectivity index (χ0v) is 10.9. The van der Waals surface area contributed by atoms with Crippen molar-refractivity contribution in [1.29, 1.82) is 0 Å². The van der Waals surface area contributed by atoms with Gasteiger partial charge < -0.3 is 15.8 Å². The number of Topliss-reactive ketones (excluding diaryl/α,β-unsaturated/α-hetero) is 1. The van der Waals surface area contributed by atoms with Crippen molar-refractivity contribution >= 4 is 17.5 Å². The molecule has 5 heteroatoms. The van der Waals surface area contributed by atoms with Crippen molar-refractivity contribution in [3.8, 4) is 11.5 Å². The summed E-state index contributed by atoms with van der Waals surface area (Å²) in [6.07, 6.45) is 0. The van der Waals surface area contributed by atoms with Crippen molar-refractivity contribution in [2.75, 3.05) is 5.32 Å². The second-order valence-corrected chi connectivity index (χ2v) is 4.20. The van der Waals surface area contributed by atoms with Gasteiger partial charge in [-0.25, -0.2) is 4.79 Å². The van der Waals surface area contributed by atoms with E-state index < -0.39 is 6.03 Å². The van der Waals surface area contributed by atoms with Crippen LogP contribution in [-0.2, 0) is 0 Å². The largest absolute Gasteiger partial charge is 0.457 e. The lowest BCUT2D eigenvalue weighted by Crippen LogP contribution is -2.19. The Hall–Kier alpha value is -2.82. The summed E-state index contributed by atoms with van der Waals surface area (Å²) in [5.74, 6) is 1.26. The summed E-state index contributed by atoms with van der Waals surface area (Å²) < 4.78 is 5.62. The number of carbonyl (C=O) groups is 2. The van der Waals surface area contributed by atoms with E-state index >= 15 is 0 Å². The number of hydrogen-bond acceptors (Lipinski definition) is 3. The van der Waals surface area contributed by atoms with Gasteiger partial charge in [0.2, 0.25) is 0 Å². The molecule has 0 saturated carbocycles. The smallest absolute Gasteiger partial charge is 0.316 e. The van der Waals surface area contributed by atoms with Crippen molar-refractivity contribution in [2.45, 2.75) is 6.92 Å². The van der Waals surface area contributed by atoms with Gasteiger partial charge in [0.25, 0.3) is 0 Å². The third-order valence-electron chi connectivity index (χ3n) is 2.62. The van der Waals surface area contributed by atoms with Crippen LogP contribution >= 0.6 is 0 Å². The summed E-state index contributed by atoms with van der Waals surface area (Å²) in [7, 11) is 0. The van der Waals surface area contributed by atoms with E-state index in [9.17, 15) is 9.59 Å². The fourth-order valence-corrected chi connectivity index (χ4v) is 1.64. The highest BCUT2D eigenvalue weighted by molar-refractivity contribution is 5.94. The maximum atomic E-state index is 11.2. The fourth-order valence-electron chi connectivity index (χ4n) is 1.64. The van der Waals surface area contributed by atoms with E-state index in [1.807, 2.05) is 0 Å². The van der Waals surface area contributed by atoms with Crippen LogP contribution in [0.1, 0.15) is 17.3 Å². The third-order valence-corrected chi connectivity index (χ3v) is 2.62. The molecule has 102 valence electrons. The van der Waals surface area contributed by atoms with Crippen LogP contribution in [0.15, 0.2) is 48.5 Å². The van der Waals surface area contributed by atoms with Crippen LogP contribution in [0.3, 0.4) is 0 Å². The Morgan fingerprint density at radius 2 is 1.45 bits per heavy atom. The first-order chi connectivity index (χ1) is 9.54. The summed E-state index contributed by atoms with van der Waals surface area (Å²) >= 11 is 0. The van der Waals surface area contributed by atoms with Crippen LogP contribution in [0.5, 0.6) is 11.5 Å². The first-order valence-corrected chi connectivity index (χ1v) is 6.00. The van der Waals surface area contributed by atoms with Gasteiger partial charge >= 0.3 is 6.03 Å². The number of nitrogens with one attached hydrogen (secondary N) is 1. The number of hydrogen-bond donors (Lipinski definition) is 2. The number of primary amides is 1. The summed E-state index contributed by atoms with van der Waals surface area (Å²) in [4.78, 5) is 21.8. The maximum Gasteiger partial charge on any atom is 0.316 e. The topological polar surface area (TPSA) is 81.4 Å². The number of rotatable bonds is 4. The molecule has 0 heterocycles. The van der Waals surface area contributed by atoms with E-state index in [0.717, 1.165) is 0 Å². The Morgan fingerprint density at radius 3 is 1.90 bits per heavy atom. The molecule has 2 aromatic rings. The number of anilines is 1. The molecule has 20 heavy (non-hydrogen) atoms. The third kappa shape index (κ3) is 3.58. The monoisotopic (exact) mass is 270 g/mol. The van der Waals surface area contributed by atoms with Crippen LogP contribution in [0.2, 0.25) is 0 Å². The molecule has 3 N–H and O–H groups in total. The van der Waals surface area contributed by atoms with Gasteiger partial charge in [-0.2, -0.15) is 0 Å². The van der Waals surface area contributed by atoms with Gasteiger partial charge in [0, 0.05) is 11.3 Å². The summed E-state index contributed by atoms with van der Waals surface area (Å²) in [5.41, 5.74) is 6.25. The predicted octanol–water partition coefficient (Wildman–Crippen LogP) is 3.17. The number of ketones is 1. The fraction of sp³-hybridized carbons (Fsp3) is 0.0667. The number of urea groups is 1. The molecule has 0 spiro atoms. The molecular formula is C15H14N2O3. The molecule has 0 fully saturated rings. The maximum absolute atomic E-state index is 11.2. The Bertz CT molecular complexity index is 619. The zero-order valence-electron chi connectivity index (χ0n) is 10.9. The Kier molecular flexibility index (Phi) is 4.00. The van der Waals surface area contributed by atoms with Gasteiger partial charge in [0.1, 0.15) is 11.5 Å². The molecule has 0 aliphatic carbocycles. The molecule has 0 aliphatic rings. The average Bonchev–Trinajstić information content (AvgIpc) is 2.41. The van der Waals surface area contributed by atoms with E-state index in [-0.39, 0.29) is 5.78 Å². The first-order valence-electron chi connectivity index (χ1n) is 6.00. The predicted molar refractivity (Wildman–Crippen MR) is 76.2 cm³/mol. The molecule has 0 atom stereocenters. The molecule has 0 aromatic heterocycles. The molecule has 2 rings (SSSR count). The van der Waals surface area contributed by atoms with Gasteiger partial charge in [-0.1, -0.05) is 0 Å². The van der Waals surface area contributed by atoms with Crippen LogP contribution in [0, 0.1) is 0 Å². The number of amides is 2. The molecule has 2 amide bonds. The molecule has 5 nitrogen and oxygen atoms in total. The Labute approximate surface area is 116 Å². The molecular weight excluding hydrogens is 256 g/mol. The van der Waals surface area contributed by atoms with Crippen molar-refractivity contribution in [2.24, 2.45) is 5.73 Å². The van der Waals surface area contributed by atoms with Gasteiger partial charge in [0.05, 0.1) is 0 Å². The lowest BCUT2D eigenvalue weighted by Gasteiger charge is -2.07. The standard InChI is InChI=1S/C15H14N2O3/c1-10(18)11-2-6-13(7-3-11)20-14-8-4-12(5-9-14)17-15(16)19/h2-9H,1H3,(H3,16,17,19). The average molecular weight is 270 g/mol. The zero-order chi connectivity index (χ0) is 14.5. The lowest BCUT2D eigenvalue weighted by atomic mass is 10.1. The van der Waals surface area contributed by atoms with Crippen molar-refractivity contribution in [1.82, 2.24) is 0 Å². The number of carbonyl (C=O) groups excluding carboxylic acids is 2. The normalized spacial score (nSPS) is 9.85. The van der Waals surface area contributed by atoms with Crippen LogP contribution in [0.4, 0.5) is 10.5 Å². The van der Waals surface area contributed by atoms with Gasteiger partial charge in [-0.3, -0.25) is 4.79 Å². The molecule has 0 saturated heterocycles. The van der Waals surface area contributed by atoms with Gasteiger partial charge in [0.15, 0.2) is 5.78 Å². The van der Waals surface area contributed by atoms with Crippen LogP contribution < -0.4 is 15.8 Å². The van der Waals surface area contributed by atoms with Crippen LogP contribution in [0.25, 0.3) is 0 Å². The van der Waals surface area contributed by atoms with E-state index in [2.05, 4.69) is 5.32 Å². The number of ether oxygens (including phenoxy) is 1. The van der Waals surface area contributed by atoms with Gasteiger partial charge in [-0.15, -0.1) is 0 Å². The minimum Gasteiger partial charge on any atom is -0.457 e. The summed E-state index contributed by atoms with van der Waals surface area (Å²) in [5, 5.41) is 2.46. The minimum absolute atomic E-state index is 0.0124. The second-order valence-electron chi connectivity index (χ2n) is 4.20. The molecule has 0 radical (unpaired) electrons. The lowest BCUT2D eigenvalue weighted by molar-refractivity contribution is 0.101. The first kappa shape index (κ1) is 13.6. The summed E-state index contributed by atoms with van der Waals surface area (Å²) in [6, 6.07) is 13.1. The summed E-state index contributed by atoms with van der Waals surface area (Å²) in [6.45, 7) is 1.51. The SMILES string of the molecule is CC(=O)c1ccc(Oc2ccc(NC(N)=O)cc2)cc1. The van der Waals surface area contributed by atoms with Gasteiger partial charge in [-0.05, 0) is 55.5 Å². The second kappa shape index (κ2) is 5.88. The van der Waals surface area contributed by atoms with Crippen molar-refractivity contribution in [3.63, 3.8) is 0 Å². The highest BCUT2D eigenvalue weighted by Gasteiger charge is 2.02. The highest BCUT2D eigenvalue weighted by atomic mass is 16.5. The van der Waals surface area contributed by atoms with E-state index in [1.54, 1.807) is 48.5 Å². The quantitative estimate of drug-likeness (QED) is 0.837. The van der Waals surface area contributed by atoms with E-state index in [1.165, 1.54) is 6.92 Å². The van der Waals surface area contributed by atoms with Crippen LogP contribution in [-0.4, -0.2) is 11.8 Å². The highest BCUT2D eigenvalue weighted by Crippen LogP contribution is 2.23. The Balaban J connectivity index is 2.06. The van der Waals surface area contributed by atoms with E-state index in [4.69, 9.17) is 10.5 Å². The van der Waals surface area contributed by atoms with E-state index in [0.29, 0.717) is 22.7 Å². The molecule has 0 bridgehead atoms. The molecule has 2 aromatic carbocycles. The molecule has 0 aliphatic heterocycles. The minimum atomic E-state index is -0.613. The number of benzene rings is 2. The van der Waals surface area contributed by atoms with Crippen molar-refractivity contribution < 1.29 is 14.3 Å². The Morgan fingerprint density at radius 1 is 0.950 bits per heavy atom.